The van der Waals surface area contributed by atoms with Gasteiger partial charge in [0.1, 0.15) is 5.82 Å². The minimum atomic E-state index is -0.902. The van der Waals surface area contributed by atoms with Crippen LogP contribution in [0.3, 0.4) is 0 Å². The number of hydrogen-bond acceptors (Lipinski definition) is 4. The van der Waals surface area contributed by atoms with Gasteiger partial charge in [-0.3, -0.25) is 9.59 Å². The summed E-state index contributed by atoms with van der Waals surface area (Å²) in [6.07, 6.45) is 1.56. The molecule has 0 atom stereocenters. The number of thioether (sulfide) groups is 1. The lowest BCUT2D eigenvalue weighted by Crippen LogP contribution is -2.19. The maximum Gasteiger partial charge on any atom is 0.307 e. The molecular formula is C24H17FN2O3S. The maximum absolute atomic E-state index is 14.6. The Balaban J connectivity index is 1.51. The van der Waals surface area contributed by atoms with E-state index >= 15 is 0 Å². The summed E-state index contributed by atoms with van der Waals surface area (Å²) in [5.74, 6) is -1.57. The van der Waals surface area contributed by atoms with Crippen LogP contribution in [0.2, 0.25) is 0 Å². The lowest BCUT2D eigenvalue weighted by Gasteiger charge is -2.04. The van der Waals surface area contributed by atoms with Crippen molar-refractivity contribution in [3.05, 3.63) is 94.6 Å². The number of amidine groups is 1. The molecule has 1 aliphatic rings. The monoisotopic (exact) mass is 432 g/mol. The van der Waals surface area contributed by atoms with Crippen LogP contribution >= 0.6 is 11.8 Å². The third-order valence-electron chi connectivity index (χ3n) is 4.55. The van der Waals surface area contributed by atoms with Crippen LogP contribution in [0.1, 0.15) is 11.1 Å². The number of rotatable bonds is 5. The van der Waals surface area contributed by atoms with Gasteiger partial charge >= 0.3 is 5.97 Å². The van der Waals surface area contributed by atoms with E-state index in [4.69, 9.17) is 5.11 Å². The number of amides is 1. The fourth-order valence-corrected chi connectivity index (χ4v) is 3.93. The van der Waals surface area contributed by atoms with Crippen molar-refractivity contribution < 1.29 is 19.1 Å². The molecule has 0 spiro atoms. The molecule has 0 bridgehead atoms. The van der Waals surface area contributed by atoms with E-state index in [1.165, 1.54) is 6.07 Å². The second-order valence-corrected chi connectivity index (χ2v) is 7.85. The first kappa shape index (κ1) is 20.6. The molecule has 7 heteroatoms. The molecule has 3 aromatic rings. The van der Waals surface area contributed by atoms with Crippen LogP contribution in [-0.2, 0) is 16.0 Å². The Morgan fingerprint density at radius 1 is 1.06 bits per heavy atom. The number of nitrogens with one attached hydrogen (secondary N) is 1. The predicted octanol–water partition coefficient (Wildman–Crippen LogP) is 5.01. The van der Waals surface area contributed by atoms with Crippen LogP contribution in [0, 0.1) is 5.82 Å². The molecule has 2 N–H and O–H groups in total. The average Bonchev–Trinajstić information content (AvgIpc) is 3.08. The van der Waals surface area contributed by atoms with Gasteiger partial charge in [-0.25, -0.2) is 9.38 Å². The Bertz CT molecular complexity index is 1210. The van der Waals surface area contributed by atoms with Crippen molar-refractivity contribution in [1.82, 2.24) is 5.32 Å². The van der Waals surface area contributed by atoms with Crippen LogP contribution in [0.25, 0.3) is 17.2 Å². The molecule has 0 saturated carbocycles. The highest BCUT2D eigenvalue weighted by atomic mass is 32.2. The van der Waals surface area contributed by atoms with E-state index in [1.54, 1.807) is 42.5 Å². The molecule has 0 unspecified atom stereocenters. The number of carbonyl (C=O) groups is 2. The molecule has 154 valence electrons. The number of carboxylic acid groups (broad SMARTS) is 1. The van der Waals surface area contributed by atoms with Gasteiger partial charge < -0.3 is 10.4 Å². The summed E-state index contributed by atoms with van der Waals surface area (Å²) in [7, 11) is 0. The number of halogens is 1. The number of aliphatic carboxylic acids is 1. The first-order valence-electron chi connectivity index (χ1n) is 9.43. The van der Waals surface area contributed by atoms with Crippen molar-refractivity contribution in [3.8, 4) is 11.1 Å². The lowest BCUT2D eigenvalue weighted by molar-refractivity contribution is -0.136. The van der Waals surface area contributed by atoms with Crippen molar-refractivity contribution in [2.75, 3.05) is 0 Å². The van der Waals surface area contributed by atoms with Crippen LogP contribution in [-0.4, -0.2) is 22.2 Å². The molecule has 0 radical (unpaired) electrons. The largest absolute Gasteiger partial charge is 0.481 e. The third-order valence-corrected chi connectivity index (χ3v) is 5.46. The Kier molecular flexibility index (Phi) is 5.95. The zero-order valence-electron chi connectivity index (χ0n) is 16.2. The molecule has 1 fully saturated rings. The second kappa shape index (κ2) is 8.97. The SMILES string of the molecule is O=C(O)Cc1ccc(N=C2NC(=O)C(=Cc3ccc(-c4ccccc4)c(F)c3)S2)cc1. The number of aliphatic imine (C=N–C) groups is 1. The van der Waals surface area contributed by atoms with Crippen molar-refractivity contribution in [1.29, 1.82) is 0 Å². The molecule has 3 aromatic carbocycles. The Morgan fingerprint density at radius 3 is 2.48 bits per heavy atom. The topological polar surface area (TPSA) is 78.8 Å². The smallest absolute Gasteiger partial charge is 0.307 e. The fraction of sp³-hybridized carbons (Fsp3) is 0.0417. The van der Waals surface area contributed by atoms with Crippen molar-refractivity contribution in [2.24, 2.45) is 4.99 Å². The lowest BCUT2D eigenvalue weighted by atomic mass is 10.0. The summed E-state index contributed by atoms with van der Waals surface area (Å²) in [4.78, 5) is 27.8. The van der Waals surface area contributed by atoms with Gasteiger partial charge in [-0.1, -0.05) is 54.6 Å². The predicted molar refractivity (Wildman–Crippen MR) is 120 cm³/mol. The Labute approximate surface area is 182 Å². The molecule has 1 aliphatic heterocycles. The quantitative estimate of drug-likeness (QED) is 0.556. The minimum absolute atomic E-state index is 0.0607. The van der Waals surface area contributed by atoms with Gasteiger partial charge in [0, 0.05) is 5.56 Å². The molecule has 1 amide bonds. The normalized spacial score (nSPS) is 16.0. The maximum atomic E-state index is 14.6. The van der Waals surface area contributed by atoms with Gasteiger partial charge in [-0.2, -0.15) is 0 Å². The highest BCUT2D eigenvalue weighted by molar-refractivity contribution is 8.18. The minimum Gasteiger partial charge on any atom is -0.481 e. The molecule has 4 rings (SSSR count). The molecule has 1 saturated heterocycles. The number of carboxylic acids is 1. The molecule has 5 nitrogen and oxygen atoms in total. The summed E-state index contributed by atoms with van der Waals surface area (Å²) in [6, 6.07) is 20.9. The molecule has 1 heterocycles. The zero-order valence-corrected chi connectivity index (χ0v) is 17.0. The van der Waals surface area contributed by atoms with Gasteiger partial charge in [-0.15, -0.1) is 0 Å². The molecule has 31 heavy (non-hydrogen) atoms. The van der Waals surface area contributed by atoms with Crippen LogP contribution < -0.4 is 5.32 Å². The average molecular weight is 432 g/mol. The van der Waals surface area contributed by atoms with Gasteiger partial charge in [0.25, 0.3) is 5.91 Å². The molecule has 0 aromatic heterocycles. The van der Waals surface area contributed by atoms with Gasteiger partial charge in [0.2, 0.25) is 0 Å². The zero-order chi connectivity index (χ0) is 21.8. The number of carbonyl (C=O) groups excluding carboxylic acids is 1. The highest BCUT2D eigenvalue weighted by Gasteiger charge is 2.24. The van der Waals surface area contributed by atoms with Gasteiger partial charge in [0.05, 0.1) is 17.0 Å². The Hall–Kier alpha value is -3.71. The van der Waals surface area contributed by atoms with Crippen LogP contribution in [0.15, 0.2) is 82.7 Å². The fourth-order valence-electron chi connectivity index (χ4n) is 3.09. The van der Waals surface area contributed by atoms with E-state index in [0.29, 0.717) is 32.5 Å². The summed E-state index contributed by atoms with van der Waals surface area (Å²) in [5.41, 5.74) is 3.13. The van der Waals surface area contributed by atoms with E-state index in [9.17, 15) is 14.0 Å². The van der Waals surface area contributed by atoms with Crippen molar-refractivity contribution in [2.45, 2.75) is 6.42 Å². The number of benzene rings is 3. The van der Waals surface area contributed by atoms with Gasteiger partial charge in [-0.05, 0) is 52.7 Å². The van der Waals surface area contributed by atoms with Gasteiger partial charge in [0.15, 0.2) is 5.17 Å². The summed E-state index contributed by atoms with van der Waals surface area (Å²) in [6.45, 7) is 0. The van der Waals surface area contributed by atoms with Crippen LogP contribution in [0.5, 0.6) is 0 Å². The van der Waals surface area contributed by atoms with Crippen molar-refractivity contribution >= 4 is 40.6 Å². The summed E-state index contributed by atoms with van der Waals surface area (Å²) in [5, 5.41) is 11.9. The number of hydrogen-bond donors (Lipinski definition) is 2. The highest BCUT2D eigenvalue weighted by Crippen LogP contribution is 2.30. The van der Waals surface area contributed by atoms with Crippen molar-refractivity contribution in [3.63, 3.8) is 0 Å². The standard InChI is InChI=1S/C24H17FN2O3S/c25-20-12-16(8-11-19(20)17-4-2-1-3-5-17)13-21-23(30)27-24(31-21)26-18-9-6-15(7-10-18)14-22(28)29/h1-13H,14H2,(H,28,29)(H,26,27,30). The Morgan fingerprint density at radius 2 is 1.81 bits per heavy atom. The summed E-state index contributed by atoms with van der Waals surface area (Å²) >= 11 is 1.16. The van der Waals surface area contributed by atoms with Crippen LogP contribution in [0.4, 0.5) is 10.1 Å². The summed E-state index contributed by atoms with van der Waals surface area (Å²) < 4.78 is 14.6. The molecular weight excluding hydrogens is 415 g/mol. The molecule has 0 aliphatic carbocycles. The first-order chi connectivity index (χ1) is 15.0. The van der Waals surface area contributed by atoms with E-state index in [2.05, 4.69) is 10.3 Å². The second-order valence-electron chi connectivity index (χ2n) is 6.82. The van der Waals surface area contributed by atoms with E-state index in [0.717, 1.165) is 17.3 Å². The van der Waals surface area contributed by atoms with E-state index in [1.807, 2.05) is 30.3 Å². The third kappa shape index (κ3) is 5.07. The first-order valence-corrected chi connectivity index (χ1v) is 10.2. The van der Waals surface area contributed by atoms with E-state index in [-0.39, 0.29) is 18.1 Å². The van der Waals surface area contributed by atoms with E-state index < -0.39 is 5.97 Å². The number of nitrogens with zero attached hydrogens (tertiary/aromatic N) is 1.